The molecule has 0 radical (unpaired) electrons. The second-order valence-corrected chi connectivity index (χ2v) is 5.91. The van der Waals surface area contributed by atoms with E-state index in [1.54, 1.807) is 48.5 Å². The van der Waals surface area contributed by atoms with Gasteiger partial charge in [-0.05, 0) is 42.5 Å². The van der Waals surface area contributed by atoms with E-state index in [4.69, 9.17) is 0 Å². The number of anilines is 1. The maximum Gasteiger partial charge on any atom is 0.279 e. The van der Waals surface area contributed by atoms with Crippen molar-refractivity contribution in [3.8, 4) is 5.69 Å². The lowest BCUT2D eigenvalue weighted by molar-refractivity contribution is 0.102. The maximum absolute atomic E-state index is 13.1. The number of nitrogens with zero attached hydrogens (tertiary/aromatic N) is 2. The van der Waals surface area contributed by atoms with E-state index in [1.807, 2.05) is 6.07 Å². The van der Waals surface area contributed by atoms with E-state index in [1.165, 1.54) is 28.9 Å². The third-order valence-corrected chi connectivity index (χ3v) is 4.12. The van der Waals surface area contributed by atoms with Gasteiger partial charge in [-0.25, -0.2) is 4.39 Å². The summed E-state index contributed by atoms with van der Waals surface area (Å²) in [6, 6.07) is 21.1. The monoisotopic (exact) mass is 359 g/mol. The number of aromatic nitrogens is 2. The van der Waals surface area contributed by atoms with E-state index in [9.17, 15) is 14.0 Å². The molecular weight excluding hydrogens is 345 g/mol. The second kappa shape index (κ2) is 6.84. The number of fused-ring (bicyclic) bond motifs is 1. The normalized spacial score (nSPS) is 10.7. The van der Waals surface area contributed by atoms with Crippen molar-refractivity contribution in [1.29, 1.82) is 0 Å². The van der Waals surface area contributed by atoms with Crippen molar-refractivity contribution in [3.63, 3.8) is 0 Å². The molecule has 4 rings (SSSR count). The van der Waals surface area contributed by atoms with Gasteiger partial charge in [-0.2, -0.15) is 9.78 Å². The Morgan fingerprint density at radius 3 is 2.19 bits per heavy atom. The van der Waals surface area contributed by atoms with Crippen LogP contribution in [0.2, 0.25) is 0 Å². The fourth-order valence-corrected chi connectivity index (χ4v) is 2.82. The smallest absolute Gasteiger partial charge is 0.279 e. The van der Waals surface area contributed by atoms with Gasteiger partial charge in [0.1, 0.15) is 5.82 Å². The lowest BCUT2D eigenvalue weighted by Gasteiger charge is -2.11. The molecule has 0 saturated carbocycles. The van der Waals surface area contributed by atoms with E-state index >= 15 is 0 Å². The van der Waals surface area contributed by atoms with Crippen LogP contribution in [0.4, 0.5) is 10.1 Å². The van der Waals surface area contributed by atoms with Crippen molar-refractivity contribution in [2.45, 2.75) is 0 Å². The highest BCUT2D eigenvalue weighted by Crippen LogP contribution is 2.17. The molecule has 4 aromatic rings. The first kappa shape index (κ1) is 16.7. The molecule has 132 valence electrons. The Morgan fingerprint density at radius 2 is 1.48 bits per heavy atom. The predicted molar refractivity (Wildman–Crippen MR) is 102 cm³/mol. The molecule has 1 amide bonds. The third-order valence-electron chi connectivity index (χ3n) is 4.12. The van der Waals surface area contributed by atoms with Gasteiger partial charge in [-0.3, -0.25) is 9.59 Å². The lowest BCUT2D eigenvalue weighted by Crippen LogP contribution is -2.26. The van der Waals surface area contributed by atoms with Gasteiger partial charge in [0, 0.05) is 11.1 Å². The molecule has 0 unspecified atom stereocenters. The Labute approximate surface area is 153 Å². The maximum atomic E-state index is 13.1. The number of amides is 1. The van der Waals surface area contributed by atoms with Crippen LogP contribution in [0.1, 0.15) is 10.5 Å². The minimum atomic E-state index is -0.484. The Morgan fingerprint density at radius 1 is 0.852 bits per heavy atom. The molecule has 3 aromatic carbocycles. The molecule has 0 spiro atoms. The fourth-order valence-electron chi connectivity index (χ4n) is 2.82. The van der Waals surface area contributed by atoms with Gasteiger partial charge in [0.05, 0.1) is 11.1 Å². The number of carbonyl (C=O) groups excluding carboxylic acids is 1. The summed E-state index contributed by atoms with van der Waals surface area (Å²) >= 11 is 0. The lowest BCUT2D eigenvalue weighted by atomic mass is 10.1. The number of para-hydroxylation sites is 1. The Kier molecular flexibility index (Phi) is 4.22. The summed E-state index contributed by atoms with van der Waals surface area (Å²) in [5.74, 6) is -0.878. The minimum Gasteiger partial charge on any atom is -0.321 e. The van der Waals surface area contributed by atoms with Gasteiger partial charge < -0.3 is 5.32 Å². The number of hydrogen-bond donors (Lipinski definition) is 1. The van der Waals surface area contributed by atoms with Crippen LogP contribution in [-0.2, 0) is 0 Å². The molecule has 1 aromatic heterocycles. The summed E-state index contributed by atoms with van der Waals surface area (Å²) in [6.45, 7) is 0. The van der Waals surface area contributed by atoms with E-state index in [2.05, 4.69) is 10.4 Å². The van der Waals surface area contributed by atoms with Crippen molar-refractivity contribution in [2.24, 2.45) is 0 Å². The van der Waals surface area contributed by atoms with Crippen LogP contribution in [0.3, 0.4) is 0 Å². The van der Waals surface area contributed by atoms with Crippen LogP contribution in [0.25, 0.3) is 16.5 Å². The average Bonchev–Trinajstić information content (AvgIpc) is 2.71. The van der Waals surface area contributed by atoms with Gasteiger partial charge in [0.25, 0.3) is 11.5 Å². The van der Waals surface area contributed by atoms with Crippen molar-refractivity contribution >= 4 is 22.4 Å². The van der Waals surface area contributed by atoms with Crippen LogP contribution in [0.5, 0.6) is 0 Å². The molecule has 1 heterocycles. The average molecular weight is 359 g/mol. The van der Waals surface area contributed by atoms with Gasteiger partial charge in [0.2, 0.25) is 0 Å². The Bertz CT molecular complexity index is 1190. The van der Waals surface area contributed by atoms with Gasteiger partial charge in [-0.1, -0.05) is 36.4 Å². The zero-order valence-corrected chi connectivity index (χ0v) is 14.1. The Hall–Kier alpha value is -3.80. The molecule has 27 heavy (non-hydrogen) atoms. The number of rotatable bonds is 3. The van der Waals surface area contributed by atoms with Crippen LogP contribution in [0.15, 0.2) is 83.7 Å². The molecule has 0 aliphatic rings. The second-order valence-electron chi connectivity index (χ2n) is 5.91. The van der Waals surface area contributed by atoms with Crippen LogP contribution in [-0.4, -0.2) is 15.7 Å². The van der Waals surface area contributed by atoms with Gasteiger partial charge in [0.15, 0.2) is 5.69 Å². The standard InChI is InChI=1S/C21H14FN3O2/c22-14-10-12-15(13-11-14)23-20(26)19-17-8-4-5-9-18(17)21(27)25(24-19)16-6-2-1-3-7-16/h1-13H,(H,23,26). The number of halogens is 1. The molecule has 0 bridgehead atoms. The summed E-state index contributed by atoms with van der Waals surface area (Å²) in [4.78, 5) is 25.7. The molecule has 0 aliphatic heterocycles. The first-order chi connectivity index (χ1) is 13.1. The molecule has 0 fully saturated rings. The van der Waals surface area contributed by atoms with Crippen molar-refractivity contribution < 1.29 is 9.18 Å². The molecule has 0 atom stereocenters. The summed E-state index contributed by atoms with van der Waals surface area (Å²) in [5.41, 5.74) is 0.794. The van der Waals surface area contributed by atoms with E-state index < -0.39 is 11.7 Å². The number of benzene rings is 3. The minimum absolute atomic E-state index is 0.110. The van der Waals surface area contributed by atoms with Crippen LogP contribution >= 0.6 is 0 Å². The molecule has 5 nitrogen and oxygen atoms in total. The Balaban J connectivity index is 1.86. The van der Waals surface area contributed by atoms with Gasteiger partial charge >= 0.3 is 0 Å². The molecule has 0 aliphatic carbocycles. The van der Waals surface area contributed by atoms with E-state index in [0.717, 1.165) is 0 Å². The largest absolute Gasteiger partial charge is 0.321 e. The number of hydrogen-bond acceptors (Lipinski definition) is 3. The molecule has 6 heteroatoms. The van der Waals surface area contributed by atoms with Crippen LogP contribution in [0, 0.1) is 5.82 Å². The fraction of sp³-hybridized carbons (Fsp3) is 0. The summed E-state index contributed by atoms with van der Waals surface area (Å²) in [6.07, 6.45) is 0. The zero-order chi connectivity index (χ0) is 18.8. The number of carbonyl (C=O) groups is 1. The predicted octanol–water partition coefficient (Wildman–Crippen LogP) is 3.78. The van der Waals surface area contributed by atoms with Crippen LogP contribution < -0.4 is 10.9 Å². The number of nitrogens with one attached hydrogen (secondary N) is 1. The zero-order valence-electron chi connectivity index (χ0n) is 14.1. The highest BCUT2D eigenvalue weighted by atomic mass is 19.1. The van der Waals surface area contributed by atoms with E-state index in [-0.39, 0.29) is 11.3 Å². The van der Waals surface area contributed by atoms with Crippen molar-refractivity contribution in [2.75, 3.05) is 5.32 Å². The quantitative estimate of drug-likeness (QED) is 0.605. The molecular formula is C21H14FN3O2. The topological polar surface area (TPSA) is 64.0 Å². The summed E-state index contributed by atoms with van der Waals surface area (Å²) in [7, 11) is 0. The summed E-state index contributed by atoms with van der Waals surface area (Å²) < 4.78 is 14.3. The summed E-state index contributed by atoms with van der Waals surface area (Å²) in [5, 5.41) is 7.84. The highest BCUT2D eigenvalue weighted by molar-refractivity contribution is 6.11. The first-order valence-corrected chi connectivity index (χ1v) is 8.28. The third kappa shape index (κ3) is 3.20. The van der Waals surface area contributed by atoms with Crippen molar-refractivity contribution in [3.05, 3.63) is 101 Å². The van der Waals surface area contributed by atoms with Crippen molar-refractivity contribution in [1.82, 2.24) is 9.78 Å². The van der Waals surface area contributed by atoms with E-state index in [0.29, 0.717) is 22.1 Å². The molecule has 1 N–H and O–H groups in total. The van der Waals surface area contributed by atoms with Gasteiger partial charge in [-0.15, -0.1) is 0 Å². The highest BCUT2D eigenvalue weighted by Gasteiger charge is 2.17. The first-order valence-electron chi connectivity index (χ1n) is 8.28. The SMILES string of the molecule is O=C(Nc1ccc(F)cc1)c1nn(-c2ccccc2)c(=O)c2ccccc12. The molecule has 0 saturated heterocycles.